The maximum absolute atomic E-state index is 2.43. The van der Waals surface area contributed by atoms with Crippen molar-refractivity contribution in [1.29, 1.82) is 0 Å². The molecule has 0 radical (unpaired) electrons. The van der Waals surface area contributed by atoms with E-state index in [-0.39, 0.29) is 5.41 Å². The Labute approximate surface area is 195 Å². The average molecular weight is 421 g/mol. The van der Waals surface area contributed by atoms with Gasteiger partial charge in [-0.2, -0.15) is 0 Å². The zero-order chi connectivity index (χ0) is 22.2. The van der Waals surface area contributed by atoms with E-state index in [1.807, 2.05) is 0 Å². The van der Waals surface area contributed by atoms with E-state index in [2.05, 4.69) is 123 Å². The number of benzene rings is 5. The minimum Gasteiger partial charge on any atom is -0.0619 e. The summed E-state index contributed by atoms with van der Waals surface area (Å²) in [6.07, 6.45) is 0. The molecule has 1 atom stereocenters. The summed E-state index contributed by atoms with van der Waals surface area (Å²) in [7, 11) is 0. The van der Waals surface area contributed by atoms with Crippen molar-refractivity contribution in [1.82, 2.24) is 0 Å². The molecule has 0 bridgehead atoms. The first-order valence-corrected chi connectivity index (χ1v) is 11.7. The van der Waals surface area contributed by atoms with Crippen LogP contribution in [-0.2, 0) is 5.41 Å². The van der Waals surface area contributed by atoms with Crippen LogP contribution in [0.2, 0.25) is 0 Å². The van der Waals surface area contributed by atoms with Crippen molar-refractivity contribution in [3.8, 4) is 33.4 Å². The lowest BCUT2D eigenvalue weighted by molar-refractivity contribution is 0.773. The fraction of sp³-hybridized carbons (Fsp3) is 0.0909. The standard InChI is InChI=1S/C33H24/c1-21-15-17-27-24-10-4-3-9-23(24)25-11-5-7-13-29(25)33(31(27)19-21)30-14-8-6-12-26(30)28-18-16-22(2)20-32(28)33/h3-20H,1-2H3. The molecule has 2 aliphatic carbocycles. The molecule has 1 unspecified atom stereocenters. The molecule has 0 amide bonds. The molecule has 0 fully saturated rings. The largest absolute Gasteiger partial charge is 0.0725 e. The monoisotopic (exact) mass is 420 g/mol. The van der Waals surface area contributed by atoms with Gasteiger partial charge in [0.2, 0.25) is 0 Å². The summed E-state index contributed by atoms with van der Waals surface area (Å²) in [5.41, 5.74) is 15.8. The van der Waals surface area contributed by atoms with E-state index in [9.17, 15) is 0 Å². The molecular formula is C33H24. The zero-order valence-electron chi connectivity index (χ0n) is 18.9. The van der Waals surface area contributed by atoms with Crippen LogP contribution in [0, 0.1) is 13.8 Å². The molecule has 0 heteroatoms. The first kappa shape index (κ1) is 18.7. The van der Waals surface area contributed by atoms with Crippen LogP contribution in [0.4, 0.5) is 0 Å². The van der Waals surface area contributed by atoms with Crippen molar-refractivity contribution in [3.63, 3.8) is 0 Å². The van der Waals surface area contributed by atoms with Gasteiger partial charge in [-0.1, -0.05) is 120 Å². The molecular weight excluding hydrogens is 396 g/mol. The summed E-state index contributed by atoms with van der Waals surface area (Å²) in [6.45, 7) is 4.43. The predicted molar refractivity (Wildman–Crippen MR) is 138 cm³/mol. The van der Waals surface area contributed by atoms with Gasteiger partial charge in [0, 0.05) is 0 Å². The molecule has 0 aliphatic heterocycles. The van der Waals surface area contributed by atoms with Gasteiger partial charge in [-0.05, 0) is 69.5 Å². The van der Waals surface area contributed by atoms with E-state index in [0.29, 0.717) is 0 Å². The Balaban J connectivity index is 1.79. The van der Waals surface area contributed by atoms with Crippen LogP contribution in [0.25, 0.3) is 33.4 Å². The van der Waals surface area contributed by atoms with Crippen LogP contribution in [0.15, 0.2) is 109 Å². The Morgan fingerprint density at radius 2 is 0.727 bits per heavy atom. The molecule has 0 heterocycles. The molecule has 0 saturated carbocycles. The molecule has 0 nitrogen and oxygen atoms in total. The van der Waals surface area contributed by atoms with Crippen molar-refractivity contribution in [2.75, 3.05) is 0 Å². The van der Waals surface area contributed by atoms with Gasteiger partial charge < -0.3 is 0 Å². The Bertz CT molecular complexity index is 1590. The quantitative estimate of drug-likeness (QED) is 0.231. The van der Waals surface area contributed by atoms with Crippen molar-refractivity contribution in [2.45, 2.75) is 19.3 Å². The molecule has 2 aliphatic rings. The van der Waals surface area contributed by atoms with Gasteiger partial charge in [0.25, 0.3) is 0 Å². The van der Waals surface area contributed by atoms with Gasteiger partial charge in [0.1, 0.15) is 0 Å². The highest BCUT2D eigenvalue weighted by Gasteiger charge is 2.49. The predicted octanol–water partition coefficient (Wildman–Crippen LogP) is 8.31. The summed E-state index contributed by atoms with van der Waals surface area (Å²) in [5.74, 6) is 0. The van der Waals surface area contributed by atoms with Crippen LogP contribution in [0.3, 0.4) is 0 Å². The molecule has 0 aromatic heterocycles. The van der Waals surface area contributed by atoms with E-state index >= 15 is 0 Å². The van der Waals surface area contributed by atoms with E-state index in [1.165, 1.54) is 66.8 Å². The van der Waals surface area contributed by atoms with Gasteiger partial charge in [-0.25, -0.2) is 0 Å². The zero-order valence-corrected chi connectivity index (χ0v) is 18.9. The maximum atomic E-state index is 2.43. The highest BCUT2D eigenvalue weighted by Crippen LogP contribution is 2.61. The summed E-state index contributed by atoms with van der Waals surface area (Å²) in [5, 5.41) is 0. The molecule has 0 N–H and O–H groups in total. The summed E-state index contributed by atoms with van der Waals surface area (Å²) < 4.78 is 0. The number of hydrogen-bond acceptors (Lipinski definition) is 0. The van der Waals surface area contributed by atoms with Crippen molar-refractivity contribution < 1.29 is 0 Å². The number of aryl methyl sites for hydroxylation is 2. The topological polar surface area (TPSA) is 0 Å². The molecule has 1 spiro atoms. The maximum Gasteiger partial charge on any atom is 0.0725 e. The van der Waals surface area contributed by atoms with Crippen LogP contribution in [0.5, 0.6) is 0 Å². The third-order valence-corrected chi connectivity index (χ3v) is 7.62. The number of fused-ring (bicyclic) bond motifs is 12. The number of rotatable bonds is 0. The van der Waals surface area contributed by atoms with E-state index in [1.54, 1.807) is 0 Å². The van der Waals surface area contributed by atoms with Crippen LogP contribution in [-0.4, -0.2) is 0 Å². The van der Waals surface area contributed by atoms with E-state index in [0.717, 1.165) is 0 Å². The highest BCUT2D eigenvalue weighted by molar-refractivity contribution is 5.97. The molecule has 33 heavy (non-hydrogen) atoms. The molecule has 7 rings (SSSR count). The van der Waals surface area contributed by atoms with Crippen LogP contribution < -0.4 is 0 Å². The van der Waals surface area contributed by atoms with Gasteiger partial charge in [0.05, 0.1) is 5.41 Å². The Morgan fingerprint density at radius 3 is 1.24 bits per heavy atom. The summed E-state index contributed by atoms with van der Waals surface area (Å²) in [6, 6.07) is 41.0. The fourth-order valence-corrected chi connectivity index (χ4v) is 6.32. The molecule has 5 aromatic carbocycles. The second-order valence-electron chi connectivity index (χ2n) is 9.48. The van der Waals surface area contributed by atoms with Crippen LogP contribution in [0.1, 0.15) is 33.4 Å². The van der Waals surface area contributed by atoms with Crippen LogP contribution >= 0.6 is 0 Å². The highest BCUT2D eigenvalue weighted by atomic mass is 14.5. The van der Waals surface area contributed by atoms with E-state index < -0.39 is 0 Å². The normalized spacial score (nSPS) is 16.9. The smallest absolute Gasteiger partial charge is 0.0619 e. The lowest BCUT2D eigenvalue weighted by Crippen LogP contribution is -2.29. The summed E-state index contributed by atoms with van der Waals surface area (Å²) >= 11 is 0. The number of hydrogen-bond donors (Lipinski definition) is 0. The Morgan fingerprint density at radius 1 is 0.364 bits per heavy atom. The van der Waals surface area contributed by atoms with Gasteiger partial charge in [-0.3, -0.25) is 0 Å². The van der Waals surface area contributed by atoms with Crippen molar-refractivity contribution >= 4 is 0 Å². The molecule has 156 valence electrons. The fourth-order valence-electron chi connectivity index (χ4n) is 6.32. The Kier molecular flexibility index (Phi) is 3.71. The Hall–Kier alpha value is -3.90. The lowest BCUT2D eigenvalue weighted by Gasteiger charge is -2.35. The SMILES string of the molecule is Cc1ccc2c(c1)C1(c3ccccc3-c3ccccc3-2)c2ccccc2-c2ccc(C)cc21. The van der Waals surface area contributed by atoms with E-state index in [4.69, 9.17) is 0 Å². The average Bonchev–Trinajstić information content (AvgIpc) is 3.08. The van der Waals surface area contributed by atoms with Crippen molar-refractivity contribution in [2.24, 2.45) is 0 Å². The van der Waals surface area contributed by atoms with Gasteiger partial charge in [-0.15, -0.1) is 0 Å². The van der Waals surface area contributed by atoms with Crippen molar-refractivity contribution in [3.05, 3.63) is 143 Å². The van der Waals surface area contributed by atoms with Gasteiger partial charge >= 0.3 is 0 Å². The summed E-state index contributed by atoms with van der Waals surface area (Å²) in [4.78, 5) is 0. The second-order valence-corrected chi connectivity index (χ2v) is 9.48. The first-order valence-electron chi connectivity index (χ1n) is 11.7. The molecule has 5 aromatic rings. The minimum absolute atomic E-state index is 0.352. The molecule has 0 saturated heterocycles. The lowest BCUT2D eigenvalue weighted by atomic mass is 9.65. The van der Waals surface area contributed by atoms with Gasteiger partial charge in [0.15, 0.2) is 0 Å². The first-order chi connectivity index (χ1) is 16.2. The third kappa shape index (κ3) is 2.31. The minimum atomic E-state index is -0.352. The third-order valence-electron chi connectivity index (χ3n) is 7.62. The second kappa shape index (κ2) is 6.56.